The number of terminal acetylenes is 1. The third-order valence-corrected chi connectivity index (χ3v) is 4.29. The molecule has 0 aliphatic carbocycles. The van der Waals surface area contributed by atoms with Crippen LogP contribution in [-0.4, -0.2) is 16.8 Å². The number of hydrogen-bond donors (Lipinski definition) is 1. The number of carboxylic acid groups (broad SMARTS) is 1. The van der Waals surface area contributed by atoms with Gasteiger partial charge in [0, 0.05) is 18.0 Å². The van der Waals surface area contributed by atoms with E-state index < -0.39 is 5.97 Å². The zero-order valence-electron chi connectivity index (χ0n) is 19.2. The Morgan fingerprint density at radius 3 is 2.23 bits per heavy atom. The lowest BCUT2D eigenvalue weighted by atomic mass is 10.0. The Labute approximate surface area is 187 Å². The predicted molar refractivity (Wildman–Crippen MR) is 135 cm³/mol. The lowest BCUT2D eigenvalue weighted by Crippen LogP contribution is -1.93. The van der Waals surface area contributed by atoms with Crippen molar-refractivity contribution in [2.75, 3.05) is 0 Å². The van der Waals surface area contributed by atoms with Gasteiger partial charge in [-0.3, -0.25) is 4.99 Å². The number of allylic oxidation sites excluding steroid dienone is 6. The van der Waals surface area contributed by atoms with Gasteiger partial charge in [0.1, 0.15) is 0 Å². The molecule has 2 rings (SSSR count). The maximum absolute atomic E-state index is 10.3. The summed E-state index contributed by atoms with van der Waals surface area (Å²) in [4.78, 5) is 14.6. The van der Waals surface area contributed by atoms with Gasteiger partial charge in [0.25, 0.3) is 0 Å². The fourth-order valence-corrected chi connectivity index (χ4v) is 2.73. The van der Waals surface area contributed by atoms with Crippen molar-refractivity contribution in [1.29, 1.82) is 0 Å². The fourth-order valence-electron chi connectivity index (χ4n) is 2.73. The van der Waals surface area contributed by atoms with Gasteiger partial charge in [0.05, 0.1) is 0 Å². The number of benzene rings is 2. The molecule has 162 valence electrons. The molecule has 0 aromatic heterocycles. The zero-order valence-corrected chi connectivity index (χ0v) is 19.2. The summed E-state index contributed by atoms with van der Waals surface area (Å²) in [6.07, 6.45) is 19.3. The molecular formula is C28H33NO2. The summed E-state index contributed by atoms with van der Waals surface area (Å²) < 4.78 is 0. The first-order valence-corrected chi connectivity index (χ1v) is 10.1. The lowest BCUT2D eigenvalue weighted by Gasteiger charge is -2.02. The molecule has 3 nitrogen and oxygen atoms in total. The molecule has 1 N–H and O–H groups in total. The van der Waals surface area contributed by atoms with Crippen molar-refractivity contribution < 1.29 is 9.90 Å². The van der Waals surface area contributed by atoms with Crippen molar-refractivity contribution in [2.24, 2.45) is 4.99 Å². The third-order valence-electron chi connectivity index (χ3n) is 4.29. The van der Waals surface area contributed by atoms with Crippen molar-refractivity contribution in [3.05, 3.63) is 95.8 Å². The first-order valence-electron chi connectivity index (χ1n) is 10.1. The van der Waals surface area contributed by atoms with Crippen LogP contribution in [0.1, 0.15) is 40.2 Å². The average Bonchev–Trinajstić information content (AvgIpc) is 2.80. The number of carboxylic acids is 1. The zero-order chi connectivity index (χ0) is 23.6. The van der Waals surface area contributed by atoms with Gasteiger partial charge in [-0.1, -0.05) is 73.7 Å². The summed E-state index contributed by atoms with van der Waals surface area (Å²) in [5, 5.41) is 11.2. The number of aryl methyl sites for hydroxylation is 1. The molecular weight excluding hydrogens is 382 g/mol. The largest absolute Gasteiger partial charge is 0.478 e. The summed E-state index contributed by atoms with van der Waals surface area (Å²) in [6.45, 7) is 9.83. The minimum absolute atomic E-state index is 0.794. The minimum Gasteiger partial charge on any atom is -0.478 e. The van der Waals surface area contributed by atoms with E-state index in [-0.39, 0.29) is 0 Å². The second-order valence-electron chi connectivity index (χ2n) is 6.50. The smallest absolute Gasteiger partial charge is 0.328 e. The van der Waals surface area contributed by atoms with E-state index in [1.54, 1.807) is 13.1 Å². The number of rotatable bonds is 6. The van der Waals surface area contributed by atoms with Crippen LogP contribution in [0.15, 0.2) is 95.2 Å². The molecule has 31 heavy (non-hydrogen) atoms. The van der Waals surface area contributed by atoms with E-state index in [0.717, 1.165) is 29.4 Å². The van der Waals surface area contributed by atoms with Crippen LogP contribution in [0.2, 0.25) is 0 Å². The van der Waals surface area contributed by atoms with Crippen LogP contribution in [0.5, 0.6) is 0 Å². The highest BCUT2D eigenvalue weighted by atomic mass is 16.4. The van der Waals surface area contributed by atoms with Crippen LogP contribution in [0.4, 0.5) is 0 Å². The molecule has 0 unspecified atom stereocenters. The van der Waals surface area contributed by atoms with Crippen LogP contribution in [0.3, 0.4) is 0 Å². The molecule has 2 aromatic carbocycles. The summed E-state index contributed by atoms with van der Waals surface area (Å²) in [5.74, 6) is -0.957. The molecule has 0 amide bonds. The quantitative estimate of drug-likeness (QED) is 0.235. The van der Waals surface area contributed by atoms with E-state index in [4.69, 9.17) is 5.11 Å². The van der Waals surface area contributed by atoms with Gasteiger partial charge >= 0.3 is 5.97 Å². The van der Waals surface area contributed by atoms with Crippen molar-refractivity contribution in [2.45, 2.75) is 41.0 Å². The van der Waals surface area contributed by atoms with E-state index >= 15 is 0 Å². The van der Waals surface area contributed by atoms with E-state index in [0.29, 0.717) is 0 Å². The Kier molecular flexibility index (Phi) is 14.3. The first kappa shape index (κ1) is 27.4. The summed E-state index contributed by atoms with van der Waals surface area (Å²) in [5.41, 5.74) is 4.18. The van der Waals surface area contributed by atoms with Gasteiger partial charge in [0.15, 0.2) is 0 Å². The van der Waals surface area contributed by atoms with Crippen molar-refractivity contribution in [3.63, 3.8) is 0 Å². The SMILES string of the molecule is C#C.CCc1cccc2ccccc12.C\C=C/C(=C\C)C(/C)=N\C=C(C)\C=C\C(=O)O. The minimum atomic E-state index is -0.957. The summed E-state index contributed by atoms with van der Waals surface area (Å²) in [6, 6.07) is 15.0. The molecule has 0 radical (unpaired) electrons. The highest BCUT2D eigenvalue weighted by Crippen LogP contribution is 2.18. The second-order valence-corrected chi connectivity index (χ2v) is 6.50. The molecule has 0 atom stereocenters. The van der Waals surface area contributed by atoms with E-state index in [1.807, 2.05) is 39.0 Å². The maximum Gasteiger partial charge on any atom is 0.328 e. The number of aliphatic imine (C=N–C) groups is 1. The molecule has 0 saturated carbocycles. The van der Waals surface area contributed by atoms with E-state index in [1.165, 1.54) is 22.4 Å². The number of nitrogens with zero attached hydrogens (tertiary/aromatic N) is 1. The average molecular weight is 416 g/mol. The number of aliphatic carboxylic acids is 1. The summed E-state index contributed by atoms with van der Waals surface area (Å²) in [7, 11) is 0. The standard InChI is InChI=1S/C14H19NO2.C12H12.C2H2/c1-5-7-13(6-2)12(4)15-10-11(3)8-9-14(16)17;1-2-10-7-5-8-11-6-3-4-9-12(10)11;1-2/h5-10H,1-4H3,(H,16,17);3-9H,2H2,1H3;1-2H/b7-5-,9-8+,11-10+,13-6+,15-12-;;. The van der Waals surface area contributed by atoms with Crippen molar-refractivity contribution in [3.8, 4) is 12.8 Å². The van der Waals surface area contributed by atoms with Gasteiger partial charge in [-0.15, -0.1) is 12.8 Å². The summed E-state index contributed by atoms with van der Waals surface area (Å²) >= 11 is 0. The van der Waals surface area contributed by atoms with Gasteiger partial charge in [-0.25, -0.2) is 4.79 Å². The van der Waals surface area contributed by atoms with E-state index in [2.05, 4.69) is 67.2 Å². The normalized spacial score (nSPS) is 12.3. The second kappa shape index (κ2) is 16.2. The molecule has 0 bridgehead atoms. The van der Waals surface area contributed by atoms with Crippen molar-refractivity contribution >= 4 is 22.5 Å². The van der Waals surface area contributed by atoms with Crippen molar-refractivity contribution in [1.82, 2.24) is 0 Å². The van der Waals surface area contributed by atoms with Gasteiger partial charge in [-0.2, -0.15) is 0 Å². The fraction of sp³-hybridized carbons (Fsp3) is 0.214. The van der Waals surface area contributed by atoms with Crippen LogP contribution >= 0.6 is 0 Å². The molecule has 0 aliphatic heterocycles. The predicted octanol–water partition coefficient (Wildman–Crippen LogP) is 7.17. The van der Waals surface area contributed by atoms with Crippen LogP contribution in [-0.2, 0) is 11.2 Å². The van der Waals surface area contributed by atoms with Gasteiger partial charge in [-0.05, 0) is 61.6 Å². The molecule has 2 aromatic rings. The Morgan fingerprint density at radius 2 is 1.65 bits per heavy atom. The Morgan fingerprint density at radius 1 is 1.00 bits per heavy atom. The maximum atomic E-state index is 10.3. The molecule has 0 fully saturated rings. The van der Waals surface area contributed by atoms with Gasteiger partial charge in [0.2, 0.25) is 0 Å². The Bertz CT molecular complexity index is 997. The first-order chi connectivity index (χ1) is 14.9. The van der Waals surface area contributed by atoms with Gasteiger partial charge < -0.3 is 5.11 Å². The number of carbonyl (C=O) groups is 1. The molecule has 0 saturated heterocycles. The number of hydrogen-bond acceptors (Lipinski definition) is 2. The molecule has 3 heteroatoms. The highest BCUT2D eigenvalue weighted by molar-refractivity contribution is 6.01. The molecule has 0 aliphatic rings. The van der Waals surface area contributed by atoms with E-state index in [9.17, 15) is 4.79 Å². The molecule has 0 spiro atoms. The Balaban J connectivity index is 0.000000558. The highest BCUT2D eigenvalue weighted by Gasteiger charge is 1.96. The third kappa shape index (κ3) is 10.6. The monoisotopic (exact) mass is 415 g/mol. The topological polar surface area (TPSA) is 49.7 Å². The number of fused-ring (bicyclic) bond motifs is 1. The lowest BCUT2D eigenvalue weighted by molar-refractivity contribution is -0.131. The van der Waals surface area contributed by atoms with Crippen LogP contribution in [0.25, 0.3) is 10.8 Å². The Hall–Kier alpha value is -3.64. The van der Waals surface area contributed by atoms with Crippen LogP contribution in [0, 0.1) is 12.8 Å². The van der Waals surface area contributed by atoms with Crippen LogP contribution < -0.4 is 0 Å². The molecule has 0 heterocycles.